The summed E-state index contributed by atoms with van der Waals surface area (Å²) in [5.41, 5.74) is 0.780. The molecule has 3 rings (SSSR count). The van der Waals surface area contributed by atoms with E-state index in [2.05, 4.69) is 0 Å². The Bertz CT molecular complexity index is 937. The number of amides is 2. The van der Waals surface area contributed by atoms with E-state index in [1.54, 1.807) is 18.2 Å². The van der Waals surface area contributed by atoms with Crippen LogP contribution >= 0.6 is 0 Å². The highest BCUT2D eigenvalue weighted by Gasteiger charge is 2.36. The molecule has 1 N–H and O–H groups in total. The first-order valence-corrected chi connectivity index (χ1v) is 8.92. The Kier molecular flexibility index (Phi) is 5.09. The van der Waals surface area contributed by atoms with Gasteiger partial charge >= 0.3 is 0 Å². The normalized spacial score (nSPS) is 13.4. The number of hydrogen-bond acceptors (Lipinski definition) is 6. The summed E-state index contributed by atoms with van der Waals surface area (Å²) in [4.78, 5) is 39.9. The average Bonchev–Trinajstić information content (AvgIpc) is 2.67. The molecule has 0 unspecified atom stereocenters. The SMILES string of the molecule is CCN(CC)c1c([N+](=O)[O-])cc2c3c(cccc13)C(=O)N(CCCO)C2=O. The highest BCUT2D eigenvalue weighted by atomic mass is 16.6. The molecule has 8 heteroatoms. The fourth-order valence-electron chi connectivity index (χ4n) is 3.63. The molecule has 0 spiro atoms. The fourth-order valence-corrected chi connectivity index (χ4v) is 3.63. The number of carbonyl (C=O) groups excluding carboxylic acids is 2. The number of anilines is 1. The molecule has 8 nitrogen and oxygen atoms in total. The second-order valence-corrected chi connectivity index (χ2v) is 6.29. The van der Waals surface area contributed by atoms with E-state index in [9.17, 15) is 19.7 Å². The van der Waals surface area contributed by atoms with Gasteiger partial charge in [0.05, 0.1) is 10.5 Å². The van der Waals surface area contributed by atoms with Crippen molar-refractivity contribution in [1.82, 2.24) is 4.90 Å². The maximum absolute atomic E-state index is 12.9. The standard InChI is InChI=1S/C19H21N3O5/c1-3-20(4-2)17-12-7-5-8-13-16(12)14(11-15(17)22(26)27)19(25)21(18(13)24)9-6-10-23/h5,7-8,11,23H,3-4,6,9-10H2,1-2H3. The highest BCUT2D eigenvalue weighted by molar-refractivity contribution is 6.27. The van der Waals surface area contributed by atoms with Gasteiger partial charge in [0.25, 0.3) is 17.5 Å². The third-order valence-corrected chi connectivity index (χ3v) is 4.88. The predicted molar refractivity (Wildman–Crippen MR) is 101 cm³/mol. The molecule has 0 atom stereocenters. The maximum Gasteiger partial charge on any atom is 0.293 e. The zero-order chi connectivity index (χ0) is 19.7. The van der Waals surface area contributed by atoms with Gasteiger partial charge < -0.3 is 10.0 Å². The Labute approximate surface area is 156 Å². The van der Waals surface area contributed by atoms with Gasteiger partial charge in [0.15, 0.2) is 0 Å². The molecule has 1 aliphatic rings. The third-order valence-electron chi connectivity index (χ3n) is 4.88. The molecular weight excluding hydrogens is 350 g/mol. The molecular formula is C19H21N3O5. The summed E-state index contributed by atoms with van der Waals surface area (Å²) in [6, 6.07) is 6.30. The van der Waals surface area contributed by atoms with Gasteiger partial charge in [-0.15, -0.1) is 0 Å². The van der Waals surface area contributed by atoms with Crippen LogP contribution in [0.4, 0.5) is 11.4 Å². The molecule has 2 aromatic carbocycles. The molecule has 0 aromatic heterocycles. The van der Waals surface area contributed by atoms with Crippen molar-refractivity contribution in [2.75, 3.05) is 31.1 Å². The fraction of sp³-hybridized carbons (Fsp3) is 0.368. The van der Waals surface area contributed by atoms with E-state index in [0.29, 0.717) is 35.1 Å². The molecule has 2 amide bonds. The van der Waals surface area contributed by atoms with E-state index < -0.39 is 16.7 Å². The molecule has 2 aromatic rings. The number of nitro benzene ring substituents is 1. The van der Waals surface area contributed by atoms with Crippen LogP contribution in [0, 0.1) is 10.1 Å². The number of aliphatic hydroxyl groups is 1. The molecule has 1 heterocycles. The minimum absolute atomic E-state index is 0.0651. The minimum atomic E-state index is -0.564. The van der Waals surface area contributed by atoms with Crippen molar-refractivity contribution in [1.29, 1.82) is 0 Å². The molecule has 0 saturated heterocycles. The van der Waals surface area contributed by atoms with Crippen molar-refractivity contribution in [3.63, 3.8) is 0 Å². The first-order valence-electron chi connectivity index (χ1n) is 8.92. The summed E-state index contributed by atoms with van der Waals surface area (Å²) < 4.78 is 0. The first-order chi connectivity index (χ1) is 13.0. The van der Waals surface area contributed by atoms with Crippen LogP contribution in [0.15, 0.2) is 24.3 Å². The Morgan fingerprint density at radius 3 is 2.41 bits per heavy atom. The third kappa shape index (κ3) is 2.91. The van der Waals surface area contributed by atoms with Crippen molar-refractivity contribution < 1.29 is 19.6 Å². The van der Waals surface area contributed by atoms with Gasteiger partial charge in [-0.1, -0.05) is 12.1 Å². The zero-order valence-electron chi connectivity index (χ0n) is 15.3. The lowest BCUT2D eigenvalue weighted by molar-refractivity contribution is -0.384. The van der Waals surface area contributed by atoms with Crippen LogP contribution in [0.3, 0.4) is 0 Å². The Balaban J connectivity index is 2.35. The minimum Gasteiger partial charge on any atom is -0.396 e. The molecule has 0 radical (unpaired) electrons. The van der Waals surface area contributed by atoms with E-state index in [1.165, 1.54) is 6.07 Å². The summed E-state index contributed by atoms with van der Waals surface area (Å²) in [7, 11) is 0. The Morgan fingerprint density at radius 1 is 1.15 bits per heavy atom. The molecule has 0 saturated carbocycles. The van der Waals surface area contributed by atoms with Gasteiger partial charge in [-0.05, 0) is 26.3 Å². The summed E-state index contributed by atoms with van der Waals surface area (Å²) in [5.74, 6) is -1.00. The van der Waals surface area contributed by atoms with Crippen molar-refractivity contribution in [2.45, 2.75) is 20.3 Å². The second kappa shape index (κ2) is 7.32. The molecule has 0 bridgehead atoms. The molecule has 0 fully saturated rings. The van der Waals surface area contributed by atoms with Crippen molar-refractivity contribution in [3.8, 4) is 0 Å². The van der Waals surface area contributed by atoms with E-state index in [-0.39, 0.29) is 30.8 Å². The molecule has 27 heavy (non-hydrogen) atoms. The lowest BCUT2D eigenvalue weighted by atomic mass is 9.91. The summed E-state index contributed by atoms with van der Waals surface area (Å²) in [5, 5.41) is 21.8. The van der Waals surface area contributed by atoms with E-state index in [1.807, 2.05) is 18.7 Å². The maximum atomic E-state index is 12.9. The van der Waals surface area contributed by atoms with Crippen LogP contribution in [-0.2, 0) is 0 Å². The van der Waals surface area contributed by atoms with Crippen LogP contribution in [0.1, 0.15) is 41.0 Å². The summed E-state index contributed by atoms with van der Waals surface area (Å²) in [6.45, 7) is 4.82. The number of aliphatic hydroxyl groups excluding tert-OH is 1. The van der Waals surface area contributed by atoms with E-state index >= 15 is 0 Å². The summed E-state index contributed by atoms with van der Waals surface area (Å²) >= 11 is 0. The average molecular weight is 371 g/mol. The number of benzene rings is 2. The van der Waals surface area contributed by atoms with Crippen LogP contribution < -0.4 is 4.90 Å². The van der Waals surface area contributed by atoms with Crippen LogP contribution in [0.2, 0.25) is 0 Å². The Hall–Kier alpha value is -3.00. The first kappa shape index (κ1) is 18.8. The largest absolute Gasteiger partial charge is 0.396 e. The van der Waals surface area contributed by atoms with Gasteiger partial charge in [-0.25, -0.2) is 0 Å². The lowest BCUT2D eigenvalue weighted by Crippen LogP contribution is -2.41. The number of rotatable bonds is 7. The van der Waals surface area contributed by atoms with Gasteiger partial charge in [-0.3, -0.25) is 24.6 Å². The molecule has 1 aliphatic heterocycles. The number of nitro groups is 1. The summed E-state index contributed by atoms with van der Waals surface area (Å²) in [6.07, 6.45) is 0.252. The second-order valence-electron chi connectivity index (χ2n) is 6.29. The van der Waals surface area contributed by atoms with Crippen molar-refractivity contribution in [2.24, 2.45) is 0 Å². The topological polar surface area (TPSA) is 104 Å². The quantitative estimate of drug-likeness (QED) is 0.456. The highest BCUT2D eigenvalue weighted by Crippen LogP contribution is 2.42. The van der Waals surface area contributed by atoms with Gasteiger partial charge in [-0.2, -0.15) is 0 Å². The van der Waals surface area contributed by atoms with Crippen LogP contribution in [0.5, 0.6) is 0 Å². The van der Waals surface area contributed by atoms with Gasteiger partial charge in [0.2, 0.25) is 0 Å². The molecule has 0 aliphatic carbocycles. The zero-order valence-corrected chi connectivity index (χ0v) is 15.3. The molecule has 142 valence electrons. The predicted octanol–water partition coefficient (Wildman–Crippen LogP) is 2.57. The van der Waals surface area contributed by atoms with Crippen LogP contribution in [-0.4, -0.2) is 53.0 Å². The van der Waals surface area contributed by atoms with Gasteiger partial charge in [0.1, 0.15) is 5.69 Å². The number of carbonyl (C=O) groups is 2. The monoisotopic (exact) mass is 371 g/mol. The number of hydrogen-bond donors (Lipinski definition) is 1. The number of nitrogens with zero attached hydrogens (tertiary/aromatic N) is 3. The van der Waals surface area contributed by atoms with E-state index in [0.717, 1.165) is 4.90 Å². The van der Waals surface area contributed by atoms with Gasteiger partial charge in [0, 0.05) is 48.6 Å². The van der Waals surface area contributed by atoms with Crippen molar-refractivity contribution in [3.05, 3.63) is 45.5 Å². The smallest absolute Gasteiger partial charge is 0.293 e. The van der Waals surface area contributed by atoms with E-state index in [4.69, 9.17) is 5.11 Å². The number of imide groups is 1. The van der Waals surface area contributed by atoms with Crippen LogP contribution in [0.25, 0.3) is 10.8 Å². The Morgan fingerprint density at radius 2 is 1.81 bits per heavy atom. The lowest BCUT2D eigenvalue weighted by Gasteiger charge is -2.29. The van der Waals surface area contributed by atoms with Crippen molar-refractivity contribution >= 4 is 34.0 Å².